The molecule has 1 aromatic heterocycles. The Labute approximate surface area is 310 Å². The van der Waals surface area contributed by atoms with E-state index in [9.17, 15) is 23.9 Å². The standard InChI is InChI=1S/C39H42F2N8O5/c40-29-3-1-2-27(35(29)51)31(42)15-33-36(43)44-17-25-14-26(20-48(25)33)54-38-30(41)12-21(16-45-38)18-47-10-8-22(9-11-47)23-4-5-24-19-49(39(53)28(24)13-23)32-6-7-34(50)46-37(32)52/h1-5,12-13,15-16,22,25-26,32,44,51H,6-11,14,17-20,42-43H2,(H,46,50,52)/b31-15-. The molecule has 8 rings (SSSR count). The first-order chi connectivity index (χ1) is 26.0. The fourth-order valence-electron chi connectivity index (χ4n) is 8.36. The van der Waals surface area contributed by atoms with E-state index in [1.165, 1.54) is 18.2 Å². The van der Waals surface area contributed by atoms with E-state index in [0.717, 1.165) is 48.7 Å². The first-order valence-electron chi connectivity index (χ1n) is 18.3. The van der Waals surface area contributed by atoms with Gasteiger partial charge in [0, 0.05) is 55.5 Å². The van der Waals surface area contributed by atoms with Crippen LogP contribution < -0.4 is 26.8 Å². The van der Waals surface area contributed by atoms with Gasteiger partial charge in [0.25, 0.3) is 11.8 Å². The SMILES string of the molecule is NC1=C(/C=C(\N)c2cccc(F)c2O)N2CC(Oc3ncc(CN4CCC(c5ccc6c(c5)C(=O)N(C5CCC(=O)NC5=O)C6)CC4)cc3F)CC2CN1. The van der Waals surface area contributed by atoms with Gasteiger partial charge in [0.1, 0.15) is 18.0 Å². The molecule has 3 unspecified atom stereocenters. The van der Waals surface area contributed by atoms with E-state index in [1.54, 1.807) is 17.2 Å². The van der Waals surface area contributed by atoms with Crippen LogP contribution >= 0.6 is 0 Å². The van der Waals surface area contributed by atoms with Gasteiger partial charge in [0.05, 0.1) is 18.3 Å². The van der Waals surface area contributed by atoms with Crippen LogP contribution in [0.3, 0.4) is 0 Å². The number of likely N-dealkylation sites (tertiary alicyclic amines) is 1. The van der Waals surface area contributed by atoms with Gasteiger partial charge in [-0.25, -0.2) is 13.8 Å². The lowest BCUT2D eigenvalue weighted by Gasteiger charge is -2.34. The molecule has 5 aliphatic rings. The summed E-state index contributed by atoms with van der Waals surface area (Å²) < 4.78 is 35.4. The molecular weight excluding hydrogens is 698 g/mol. The number of nitrogens with one attached hydrogen (secondary N) is 2. The number of hydrogen-bond donors (Lipinski definition) is 5. The van der Waals surface area contributed by atoms with Crippen LogP contribution in [-0.2, 0) is 22.7 Å². The Kier molecular flexibility index (Phi) is 9.34. The van der Waals surface area contributed by atoms with Crippen molar-refractivity contribution in [1.29, 1.82) is 0 Å². The van der Waals surface area contributed by atoms with Gasteiger partial charge < -0.3 is 36.4 Å². The van der Waals surface area contributed by atoms with Gasteiger partial charge >= 0.3 is 0 Å². The number of allylic oxidation sites excluding steroid dienone is 1. The largest absolute Gasteiger partial charge is 0.504 e. The van der Waals surface area contributed by atoms with Crippen LogP contribution in [0, 0.1) is 11.6 Å². The molecule has 6 heterocycles. The smallest absolute Gasteiger partial charge is 0.255 e. The minimum absolute atomic E-state index is 0.0162. The molecule has 15 heteroatoms. The number of fused-ring (bicyclic) bond motifs is 2. The Morgan fingerprint density at radius 1 is 1.06 bits per heavy atom. The number of carbonyl (C=O) groups excluding carboxylic acids is 3. The number of halogens is 2. The van der Waals surface area contributed by atoms with Gasteiger partial charge in [-0.15, -0.1) is 0 Å². The number of amides is 3. The maximum absolute atomic E-state index is 15.4. The number of aromatic nitrogens is 1. The van der Waals surface area contributed by atoms with E-state index >= 15 is 4.39 Å². The maximum atomic E-state index is 15.4. The summed E-state index contributed by atoms with van der Waals surface area (Å²) in [5, 5.41) is 15.7. The summed E-state index contributed by atoms with van der Waals surface area (Å²) in [6.45, 7) is 3.43. The van der Waals surface area contributed by atoms with Crippen molar-refractivity contribution in [3.8, 4) is 11.6 Å². The van der Waals surface area contributed by atoms with Crippen LogP contribution in [0.5, 0.6) is 11.6 Å². The van der Waals surface area contributed by atoms with Crippen molar-refractivity contribution in [3.05, 3.63) is 106 Å². The molecule has 7 N–H and O–H groups in total. The predicted molar refractivity (Wildman–Crippen MR) is 193 cm³/mol. The third-order valence-electron chi connectivity index (χ3n) is 11.2. The zero-order chi connectivity index (χ0) is 37.7. The summed E-state index contributed by atoms with van der Waals surface area (Å²) in [4.78, 5) is 47.5. The first-order valence-corrected chi connectivity index (χ1v) is 18.3. The molecule has 5 aliphatic heterocycles. The lowest BCUT2D eigenvalue weighted by molar-refractivity contribution is -0.136. The second kappa shape index (κ2) is 14.3. The van der Waals surface area contributed by atoms with Crippen molar-refractivity contribution in [2.75, 3.05) is 26.2 Å². The van der Waals surface area contributed by atoms with Gasteiger partial charge in [-0.2, -0.15) is 0 Å². The molecule has 3 saturated heterocycles. The molecule has 0 bridgehead atoms. The molecule has 0 spiro atoms. The highest BCUT2D eigenvalue weighted by Gasteiger charge is 2.40. The van der Waals surface area contributed by atoms with Crippen LogP contribution in [0.15, 0.2) is 66.3 Å². The van der Waals surface area contributed by atoms with E-state index in [2.05, 4.69) is 26.6 Å². The van der Waals surface area contributed by atoms with Crippen LogP contribution in [0.1, 0.15) is 70.6 Å². The monoisotopic (exact) mass is 740 g/mol. The molecule has 3 atom stereocenters. The average Bonchev–Trinajstić information content (AvgIpc) is 3.72. The Hall–Kier alpha value is -5.70. The van der Waals surface area contributed by atoms with Gasteiger partial charge in [-0.3, -0.25) is 24.6 Å². The van der Waals surface area contributed by atoms with Crippen LogP contribution in [0.2, 0.25) is 0 Å². The molecular formula is C39H42F2N8O5. The number of benzene rings is 2. The maximum Gasteiger partial charge on any atom is 0.255 e. The Bertz CT molecular complexity index is 2080. The van der Waals surface area contributed by atoms with Crippen molar-refractivity contribution in [2.45, 2.75) is 69.3 Å². The summed E-state index contributed by atoms with van der Waals surface area (Å²) in [5.74, 6) is -2.18. The number of piperidine rings is 2. The molecule has 0 radical (unpaired) electrons. The third-order valence-corrected chi connectivity index (χ3v) is 11.2. The summed E-state index contributed by atoms with van der Waals surface area (Å²) >= 11 is 0. The van der Waals surface area contributed by atoms with Crippen LogP contribution in [0.25, 0.3) is 5.70 Å². The number of aromatic hydroxyl groups is 1. The normalized spacial score (nSPS) is 23.7. The highest BCUT2D eigenvalue weighted by Crippen LogP contribution is 2.35. The molecule has 3 fully saturated rings. The second-order valence-corrected chi connectivity index (χ2v) is 14.7. The quantitative estimate of drug-likeness (QED) is 0.215. The fourth-order valence-corrected chi connectivity index (χ4v) is 8.36. The summed E-state index contributed by atoms with van der Waals surface area (Å²) in [5.41, 5.74) is 16.8. The van der Waals surface area contributed by atoms with Crippen molar-refractivity contribution in [1.82, 2.24) is 30.3 Å². The second-order valence-electron chi connectivity index (χ2n) is 14.7. The molecule has 54 heavy (non-hydrogen) atoms. The number of rotatable bonds is 8. The summed E-state index contributed by atoms with van der Waals surface area (Å²) in [6, 6.07) is 11.0. The Morgan fingerprint density at radius 2 is 1.87 bits per heavy atom. The van der Waals surface area contributed by atoms with Gasteiger partial charge in [0.15, 0.2) is 17.4 Å². The van der Waals surface area contributed by atoms with Crippen LogP contribution in [-0.4, -0.2) is 86.9 Å². The molecule has 0 saturated carbocycles. The van der Waals surface area contributed by atoms with Gasteiger partial charge in [0.2, 0.25) is 11.8 Å². The summed E-state index contributed by atoms with van der Waals surface area (Å²) in [6.07, 6.45) is 5.74. The van der Waals surface area contributed by atoms with E-state index in [4.69, 9.17) is 16.2 Å². The molecule has 3 amide bonds. The van der Waals surface area contributed by atoms with Gasteiger partial charge in [-0.05, 0) is 85.3 Å². The van der Waals surface area contributed by atoms with E-state index in [0.29, 0.717) is 56.1 Å². The van der Waals surface area contributed by atoms with Gasteiger partial charge in [-0.1, -0.05) is 18.2 Å². The highest BCUT2D eigenvalue weighted by atomic mass is 19.1. The number of nitrogens with two attached hydrogens (primary N) is 2. The summed E-state index contributed by atoms with van der Waals surface area (Å²) in [7, 11) is 0. The predicted octanol–water partition coefficient (Wildman–Crippen LogP) is 2.76. The van der Waals surface area contributed by atoms with E-state index < -0.39 is 29.3 Å². The van der Waals surface area contributed by atoms with Crippen molar-refractivity contribution in [3.63, 3.8) is 0 Å². The average molecular weight is 741 g/mol. The van der Waals surface area contributed by atoms with Crippen LogP contribution in [0.4, 0.5) is 8.78 Å². The number of carbonyl (C=O) groups is 3. The number of para-hydroxylation sites is 1. The number of phenolic OH excluding ortho intramolecular Hbond substituents is 1. The number of hydrogen-bond acceptors (Lipinski definition) is 11. The zero-order valence-corrected chi connectivity index (χ0v) is 29.6. The fraction of sp³-hybridized carbons (Fsp3) is 0.385. The number of nitrogens with zero attached hydrogens (tertiary/aromatic N) is 4. The Morgan fingerprint density at radius 3 is 2.65 bits per heavy atom. The molecule has 282 valence electrons. The molecule has 13 nitrogen and oxygen atoms in total. The number of pyridine rings is 1. The molecule has 2 aromatic carbocycles. The third kappa shape index (κ3) is 6.79. The number of ether oxygens (including phenoxy) is 1. The Balaban J connectivity index is 0.852. The highest BCUT2D eigenvalue weighted by molar-refractivity contribution is 6.05. The van der Waals surface area contributed by atoms with E-state index in [-0.39, 0.29) is 53.4 Å². The number of phenols is 1. The molecule has 3 aromatic rings. The lowest BCUT2D eigenvalue weighted by atomic mass is 9.87. The lowest BCUT2D eigenvalue weighted by Crippen LogP contribution is -2.52. The van der Waals surface area contributed by atoms with E-state index in [1.807, 2.05) is 17.0 Å². The van der Waals surface area contributed by atoms with Crippen molar-refractivity contribution in [2.24, 2.45) is 11.5 Å². The minimum Gasteiger partial charge on any atom is -0.504 e. The topological polar surface area (TPSA) is 179 Å². The zero-order valence-electron chi connectivity index (χ0n) is 29.6. The first kappa shape index (κ1) is 35.3. The molecule has 0 aliphatic carbocycles. The van der Waals surface area contributed by atoms with Crippen molar-refractivity contribution >= 4 is 23.4 Å². The number of imide groups is 1. The minimum atomic E-state index is -0.778. The van der Waals surface area contributed by atoms with Crippen molar-refractivity contribution < 1.29 is 33.0 Å².